The van der Waals surface area contributed by atoms with Crippen molar-refractivity contribution in [1.82, 2.24) is 0 Å². The van der Waals surface area contributed by atoms with E-state index in [1.807, 2.05) is 6.07 Å². The van der Waals surface area contributed by atoms with Gasteiger partial charge < -0.3 is 0 Å². The zero-order valence-electron chi connectivity index (χ0n) is 4.10. The molecule has 0 unspecified atom stereocenters. The molecular formula is C6H5N. The van der Waals surface area contributed by atoms with Gasteiger partial charge >= 0.3 is 0 Å². The molecule has 0 heterocycles. The lowest BCUT2D eigenvalue weighted by Gasteiger charge is -1.72. The van der Waals surface area contributed by atoms with Gasteiger partial charge in [-0.25, -0.2) is 0 Å². The molecule has 0 rings (SSSR count). The first kappa shape index (κ1) is 5.79. The second kappa shape index (κ2) is 3.00. The van der Waals surface area contributed by atoms with Crippen LogP contribution < -0.4 is 0 Å². The molecule has 0 aliphatic heterocycles. The molecule has 0 aliphatic rings. The molecule has 0 saturated heterocycles. The van der Waals surface area contributed by atoms with Gasteiger partial charge in [-0.1, -0.05) is 5.92 Å². The summed E-state index contributed by atoms with van der Waals surface area (Å²) >= 11 is 0. The Morgan fingerprint density at radius 1 is 1.86 bits per heavy atom. The molecule has 0 saturated carbocycles. The standard InChI is InChI=1S/C6H5N/c1-3-6(2)4-5-7/h1,4H,2H3. The number of rotatable bonds is 0. The Balaban J connectivity index is 3.89. The molecule has 0 N–H and O–H groups in total. The van der Waals surface area contributed by atoms with E-state index in [1.165, 1.54) is 6.08 Å². The average Bonchev–Trinajstić information content (AvgIpc) is 1.68. The predicted octanol–water partition coefficient (Wildman–Crippen LogP) is 1.09. The van der Waals surface area contributed by atoms with E-state index in [0.717, 1.165) is 0 Å². The van der Waals surface area contributed by atoms with Crippen LogP contribution in [0.25, 0.3) is 0 Å². The normalized spacial score (nSPS) is 9.29. The average molecular weight is 91.1 g/mol. The van der Waals surface area contributed by atoms with E-state index in [4.69, 9.17) is 11.7 Å². The molecule has 0 aromatic rings. The second-order valence-corrected chi connectivity index (χ2v) is 1.10. The Labute approximate surface area is 43.3 Å². The molecule has 1 heteroatoms. The molecule has 1 nitrogen and oxygen atoms in total. The number of allylic oxidation sites excluding steroid dienone is 2. The van der Waals surface area contributed by atoms with Crippen molar-refractivity contribution in [3.63, 3.8) is 0 Å². The first-order valence-corrected chi connectivity index (χ1v) is 1.84. The minimum Gasteiger partial charge on any atom is -0.193 e. The van der Waals surface area contributed by atoms with E-state index in [2.05, 4.69) is 5.92 Å². The Bertz CT molecular complexity index is 152. The van der Waals surface area contributed by atoms with Crippen LogP contribution in [0.2, 0.25) is 0 Å². The topological polar surface area (TPSA) is 23.8 Å². The zero-order chi connectivity index (χ0) is 5.70. The van der Waals surface area contributed by atoms with Crippen molar-refractivity contribution in [3.8, 4) is 18.4 Å². The molecule has 0 amide bonds. The van der Waals surface area contributed by atoms with Crippen LogP contribution in [0.3, 0.4) is 0 Å². The van der Waals surface area contributed by atoms with Crippen molar-refractivity contribution in [1.29, 1.82) is 5.26 Å². The van der Waals surface area contributed by atoms with Crippen LogP contribution in [-0.4, -0.2) is 0 Å². The fourth-order valence-electron chi connectivity index (χ4n) is 0.138. The Morgan fingerprint density at radius 3 is 2.57 bits per heavy atom. The zero-order valence-corrected chi connectivity index (χ0v) is 4.10. The van der Waals surface area contributed by atoms with E-state index < -0.39 is 0 Å². The summed E-state index contributed by atoms with van der Waals surface area (Å²) in [5, 5.41) is 7.95. The molecule has 0 radical (unpaired) electrons. The van der Waals surface area contributed by atoms with Crippen molar-refractivity contribution in [2.75, 3.05) is 0 Å². The van der Waals surface area contributed by atoms with E-state index in [-0.39, 0.29) is 0 Å². The summed E-state index contributed by atoms with van der Waals surface area (Å²) < 4.78 is 0. The predicted molar refractivity (Wildman–Crippen MR) is 28.2 cm³/mol. The van der Waals surface area contributed by atoms with Gasteiger partial charge in [0, 0.05) is 11.6 Å². The lowest BCUT2D eigenvalue weighted by molar-refractivity contribution is 1.50. The van der Waals surface area contributed by atoms with Crippen LogP contribution in [0.15, 0.2) is 11.6 Å². The van der Waals surface area contributed by atoms with Crippen molar-refractivity contribution in [2.45, 2.75) is 6.92 Å². The summed E-state index contributed by atoms with van der Waals surface area (Å²) in [6.45, 7) is 1.71. The van der Waals surface area contributed by atoms with Gasteiger partial charge in [0.1, 0.15) is 0 Å². The van der Waals surface area contributed by atoms with Gasteiger partial charge in [0.05, 0.1) is 6.07 Å². The summed E-state index contributed by atoms with van der Waals surface area (Å²) in [5.41, 5.74) is 0.669. The first-order valence-electron chi connectivity index (χ1n) is 1.84. The Kier molecular flexibility index (Phi) is 2.48. The Hall–Kier alpha value is -1.21. The van der Waals surface area contributed by atoms with Gasteiger partial charge in [0.15, 0.2) is 0 Å². The van der Waals surface area contributed by atoms with Crippen molar-refractivity contribution < 1.29 is 0 Å². The molecular weight excluding hydrogens is 86.1 g/mol. The quantitative estimate of drug-likeness (QED) is 0.323. The van der Waals surface area contributed by atoms with E-state index in [9.17, 15) is 0 Å². The highest BCUT2D eigenvalue weighted by Crippen LogP contribution is 1.83. The van der Waals surface area contributed by atoms with Crippen LogP contribution in [0.1, 0.15) is 6.92 Å². The highest BCUT2D eigenvalue weighted by molar-refractivity contribution is 5.27. The molecule has 0 aromatic carbocycles. The molecule has 34 valence electrons. The molecule has 0 bridgehead atoms. The number of hydrogen-bond donors (Lipinski definition) is 0. The molecule has 0 aromatic heterocycles. The molecule has 0 aliphatic carbocycles. The Morgan fingerprint density at radius 2 is 2.43 bits per heavy atom. The van der Waals surface area contributed by atoms with Gasteiger partial charge in [0.25, 0.3) is 0 Å². The third kappa shape index (κ3) is 2.60. The number of nitrogens with zero attached hydrogens (tertiary/aromatic N) is 1. The summed E-state index contributed by atoms with van der Waals surface area (Å²) in [6, 6.07) is 1.81. The molecule has 0 spiro atoms. The fraction of sp³-hybridized carbons (Fsp3) is 0.167. The lowest BCUT2D eigenvalue weighted by atomic mass is 10.3. The van der Waals surface area contributed by atoms with Gasteiger partial charge in [-0.3, -0.25) is 0 Å². The molecule has 0 atom stereocenters. The third-order valence-corrected chi connectivity index (χ3v) is 0.509. The lowest BCUT2D eigenvalue weighted by Crippen LogP contribution is -1.61. The largest absolute Gasteiger partial charge is 0.193 e. The first-order chi connectivity index (χ1) is 3.31. The van der Waals surface area contributed by atoms with E-state index in [0.29, 0.717) is 5.57 Å². The summed E-state index contributed by atoms with van der Waals surface area (Å²) in [4.78, 5) is 0. The van der Waals surface area contributed by atoms with Gasteiger partial charge in [-0.15, -0.1) is 6.42 Å². The molecule has 7 heavy (non-hydrogen) atoms. The van der Waals surface area contributed by atoms with Crippen LogP contribution in [0.4, 0.5) is 0 Å². The number of terminal acetylenes is 1. The fourth-order valence-corrected chi connectivity index (χ4v) is 0.138. The van der Waals surface area contributed by atoms with Gasteiger partial charge in [-0.05, 0) is 6.92 Å². The summed E-state index contributed by atoms with van der Waals surface area (Å²) in [7, 11) is 0. The van der Waals surface area contributed by atoms with Crippen LogP contribution in [-0.2, 0) is 0 Å². The summed E-state index contributed by atoms with van der Waals surface area (Å²) in [6.07, 6.45) is 6.22. The summed E-state index contributed by atoms with van der Waals surface area (Å²) in [5.74, 6) is 2.30. The minimum absolute atomic E-state index is 0.669. The molecule has 0 fully saturated rings. The smallest absolute Gasteiger partial charge is 0.0921 e. The van der Waals surface area contributed by atoms with Crippen LogP contribution in [0.5, 0.6) is 0 Å². The number of hydrogen-bond acceptors (Lipinski definition) is 1. The van der Waals surface area contributed by atoms with Crippen LogP contribution in [0, 0.1) is 23.7 Å². The van der Waals surface area contributed by atoms with Crippen LogP contribution >= 0.6 is 0 Å². The second-order valence-electron chi connectivity index (χ2n) is 1.10. The van der Waals surface area contributed by atoms with E-state index in [1.54, 1.807) is 6.92 Å². The third-order valence-electron chi connectivity index (χ3n) is 0.509. The highest BCUT2D eigenvalue weighted by Gasteiger charge is 1.71. The van der Waals surface area contributed by atoms with Crippen molar-refractivity contribution in [2.24, 2.45) is 0 Å². The van der Waals surface area contributed by atoms with Crippen molar-refractivity contribution in [3.05, 3.63) is 11.6 Å². The maximum absolute atomic E-state index is 7.95. The van der Waals surface area contributed by atoms with Gasteiger partial charge in [-0.2, -0.15) is 5.26 Å². The van der Waals surface area contributed by atoms with Crippen molar-refractivity contribution >= 4 is 0 Å². The maximum Gasteiger partial charge on any atom is 0.0921 e. The SMILES string of the molecule is C#CC(C)=CC#N. The highest BCUT2D eigenvalue weighted by atomic mass is 14.2. The minimum atomic E-state index is 0.669. The van der Waals surface area contributed by atoms with Gasteiger partial charge in [0.2, 0.25) is 0 Å². The number of nitriles is 1. The monoisotopic (exact) mass is 91.0 g/mol. The maximum atomic E-state index is 7.95. The van der Waals surface area contributed by atoms with E-state index >= 15 is 0 Å².